The SMILES string of the molecule is NS(=O)(=O)c1cccc2c1C(=O)C=C(NO)C2=O. The largest absolute Gasteiger partial charge is 0.291 e. The Labute approximate surface area is 102 Å². The minimum absolute atomic E-state index is 0.120. The van der Waals surface area contributed by atoms with E-state index in [1.54, 1.807) is 5.48 Å². The van der Waals surface area contributed by atoms with Crippen molar-refractivity contribution in [2.24, 2.45) is 5.14 Å². The lowest BCUT2D eigenvalue weighted by atomic mass is 9.93. The summed E-state index contributed by atoms with van der Waals surface area (Å²) in [5, 5.41) is 13.7. The van der Waals surface area contributed by atoms with Crippen LogP contribution in [0.5, 0.6) is 0 Å². The highest BCUT2D eigenvalue weighted by molar-refractivity contribution is 7.89. The molecule has 18 heavy (non-hydrogen) atoms. The van der Waals surface area contributed by atoms with Crippen molar-refractivity contribution in [1.29, 1.82) is 0 Å². The number of carbonyl (C=O) groups excluding carboxylic acids is 2. The molecule has 2 rings (SSSR count). The number of benzene rings is 1. The molecule has 94 valence electrons. The number of rotatable bonds is 2. The first kappa shape index (κ1) is 12.4. The maximum atomic E-state index is 11.8. The van der Waals surface area contributed by atoms with Crippen LogP contribution in [0.2, 0.25) is 0 Å². The number of nitrogens with two attached hydrogens (primary N) is 1. The van der Waals surface area contributed by atoms with Crippen molar-refractivity contribution in [1.82, 2.24) is 5.48 Å². The van der Waals surface area contributed by atoms with E-state index in [2.05, 4.69) is 0 Å². The van der Waals surface area contributed by atoms with Gasteiger partial charge < -0.3 is 0 Å². The van der Waals surface area contributed by atoms with E-state index in [1.165, 1.54) is 12.1 Å². The summed E-state index contributed by atoms with van der Waals surface area (Å²) in [4.78, 5) is 23.2. The Hall–Kier alpha value is -2.03. The van der Waals surface area contributed by atoms with Crippen LogP contribution >= 0.6 is 0 Å². The van der Waals surface area contributed by atoms with Gasteiger partial charge in [-0.3, -0.25) is 20.3 Å². The first-order chi connectivity index (χ1) is 8.36. The molecule has 1 aromatic carbocycles. The van der Waals surface area contributed by atoms with Crippen LogP contribution in [-0.4, -0.2) is 25.2 Å². The number of nitrogens with one attached hydrogen (secondary N) is 1. The molecule has 0 radical (unpaired) electrons. The van der Waals surface area contributed by atoms with E-state index in [0.717, 1.165) is 12.1 Å². The second kappa shape index (κ2) is 4.02. The fourth-order valence-corrected chi connectivity index (χ4v) is 2.47. The van der Waals surface area contributed by atoms with Crippen molar-refractivity contribution in [3.8, 4) is 0 Å². The Balaban J connectivity index is 2.78. The van der Waals surface area contributed by atoms with Gasteiger partial charge in [0.15, 0.2) is 5.78 Å². The van der Waals surface area contributed by atoms with Gasteiger partial charge in [0, 0.05) is 11.6 Å². The summed E-state index contributed by atoms with van der Waals surface area (Å²) in [6, 6.07) is 3.73. The fraction of sp³-hybridized carbons (Fsp3) is 0. The van der Waals surface area contributed by atoms with Crippen LogP contribution in [0.15, 0.2) is 34.9 Å². The van der Waals surface area contributed by atoms with Crippen LogP contribution in [0.4, 0.5) is 0 Å². The van der Waals surface area contributed by atoms with Crippen LogP contribution in [0.3, 0.4) is 0 Å². The van der Waals surface area contributed by atoms with E-state index in [1.807, 2.05) is 0 Å². The van der Waals surface area contributed by atoms with Gasteiger partial charge in [0.1, 0.15) is 5.70 Å². The number of carbonyl (C=O) groups is 2. The summed E-state index contributed by atoms with van der Waals surface area (Å²) in [5.74, 6) is -1.40. The zero-order chi connectivity index (χ0) is 13.5. The molecule has 0 spiro atoms. The molecule has 1 aromatic rings. The zero-order valence-electron chi connectivity index (χ0n) is 8.88. The second-order valence-corrected chi connectivity index (χ2v) is 5.12. The van der Waals surface area contributed by atoms with Crippen molar-refractivity contribution in [3.63, 3.8) is 0 Å². The van der Waals surface area contributed by atoms with Gasteiger partial charge in [-0.1, -0.05) is 12.1 Å². The molecule has 7 nitrogen and oxygen atoms in total. The maximum Gasteiger partial charge on any atom is 0.238 e. The molecular formula is C10H8N2O5S. The first-order valence-electron chi connectivity index (χ1n) is 4.73. The van der Waals surface area contributed by atoms with Crippen LogP contribution in [0, 0.1) is 0 Å². The third-order valence-electron chi connectivity index (χ3n) is 2.46. The Morgan fingerprint density at radius 1 is 1.22 bits per heavy atom. The van der Waals surface area contributed by atoms with Gasteiger partial charge in [0.25, 0.3) is 0 Å². The molecule has 0 saturated carbocycles. The number of hydrogen-bond acceptors (Lipinski definition) is 6. The summed E-state index contributed by atoms with van der Waals surface area (Å²) in [6.45, 7) is 0. The second-order valence-electron chi connectivity index (χ2n) is 3.59. The highest BCUT2D eigenvalue weighted by Gasteiger charge is 2.30. The molecule has 0 atom stereocenters. The lowest BCUT2D eigenvalue weighted by Crippen LogP contribution is -2.27. The molecule has 0 aliphatic heterocycles. The topological polar surface area (TPSA) is 127 Å². The van der Waals surface area contributed by atoms with E-state index in [9.17, 15) is 18.0 Å². The number of sulfonamides is 1. The van der Waals surface area contributed by atoms with Crippen molar-refractivity contribution >= 4 is 21.6 Å². The highest BCUT2D eigenvalue weighted by atomic mass is 32.2. The normalized spacial score (nSPS) is 15.1. The summed E-state index contributed by atoms with van der Waals surface area (Å²) in [5.41, 5.74) is 0.879. The smallest absolute Gasteiger partial charge is 0.238 e. The number of hydroxylamine groups is 1. The number of fused-ring (bicyclic) bond motifs is 1. The Morgan fingerprint density at radius 2 is 1.89 bits per heavy atom. The van der Waals surface area contributed by atoms with Crippen LogP contribution in [0.1, 0.15) is 20.7 Å². The standard InChI is InChI=1S/C10H8N2O5S/c11-18(16,17)8-3-1-2-5-9(8)7(13)4-6(12-15)10(5)14/h1-4,12,15H,(H2,11,16,17). The molecule has 0 amide bonds. The molecular weight excluding hydrogens is 260 g/mol. The molecule has 0 fully saturated rings. The molecule has 0 heterocycles. The van der Waals surface area contributed by atoms with Gasteiger partial charge in [0.05, 0.1) is 10.5 Å². The zero-order valence-corrected chi connectivity index (χ0v) is 9.69. The molecule has 0 saturated heterocycles. The molecule has 1 aliphatic carbocycles. The molecule has 4 N–H and O–H groups in total. The summed E-state index contributed by atoms with van der Waals surface area (Å²) in [7, 11) is -4.11. The van der Waals surface area contributed by atoms with Gasteiger partial charge in [-0.2, -0.15) is 0 Å². The number of primary sulfonamides is 1. The minimum atomic E-state index is -4.11. The highest BCUT2D eigenvalue weighted by Crippen LogP contribution is 2.25. The summed E-state index contributed by atoms with van der Waals surface area (Å²) < 4.78 is 22.7. The van der Waals surface area contributed by atoms with Gasteiger partial charge in [0.2, 0.25) is 15.8 Å². The van der Waals surface area contributed by atoms with E-state index >= 15 is 0 Å². The third-order valence-corrected chi connectivity index (χ3v) is 3.42. The number of Topliss-reactive ketones (excluding diaryl/α,β-unsaturated/α-hetero) is 1. The third kappa shape index (κ3) is 1.82. The van der Waals surface area contributed by atoms with Crippen LogP contribution in [-0.2, 0) is 10.0 Å². The van der Waals surface area contributed by atoms with Crippen molar-refractivity contribution in [2.75, 3.05) is 0 Å². The van der Waals surface area contributed by atoms with E-state index in [-0.39, 0.29) is 16.8 Å². The monoisotopic (exact) mass is 268 g/mol. The summed E-state index contributed by atoms with van der Waals surface area (Å²) >= 11 is 0. The Bertz CT molecular complexity index is 690. The van der Waals surface area contributed by atoms with E-state index < -0.39 is 26.5 Å². The van der Waals surface area contributed by atoms with Crippen LogP contribution < -0.4 is 10.6 Å². The van der Waals surface area contributed by atoms with Crippen molar-refractivity contribution < 1.29 is 23.2 Å². The minimum Gasteiger partial charge on any atom is -0.291 e. The molecule has 0 unspecified atom stereocenters. The molecule has 1 aliphatic rings. The molecule has 8 heteroatoms. The number of ketones is 2. The number of allylic oxidation sites excluding steroid dienone is 2. The predicted molar refractivity (Wildman–Crippen MR) is 59.5 cm³/mol. The van der Waals surface area contributed by atoms with E-state index in [4.69, 9.17) is 10.3 Å². The summed E-state index contributed by atoms with van der Waals surface area (Å²) in [6.07, 6.45) is 0.819. The quantitative estimate of drug-likeness (QED) is 0.625. The lowest BCUT2D eigenvalue weighted by Gasteiger charge is -2.16. The maximum absolute atomic E-state index is 11.8. The van der Waals surface area contributed by atoms with Crippen molar-refractivity contribution in [2.45, 2.75) is 4.90 Å². The van der Waals surface area contributed by atoms with Gasteiger partial charge >= 0.3 is 0 Å². The van der Waals surface area contributed by atoms with Gasteiger partial charge in [-0.05, 0) is 6.07 Å². The van der Waals surface area contributed by atoms with Crippen molar-refractivity contribution in [3.05, 3.63) is 41.1 Å². The Kier molecular flexibility index (Phi) is 2.77. The molecule has 0 aromatic heterocycles. The average molecular weight is 268 g/mol. The average Bonchev–Trinajstić information content (AvgIpc) is 2.31. The predicted octanol–water partition coefficient (Wildman–Crippen LogP) is -0.424. The van der Waals surface area contributed by atoms with E-state index in [0.29, 0.717) is 0 Å². The van der Waals surface area contributed by atoms with Gasteiger partial charge in [-0.25, -0.2) is 13.6 Å². The molecule has 0 bridgehead atoms. The van der Waals surface area contributed by atoms with Crippen LogP contribution in [0.25, 0.3) is 0 Å². The number of hydrogen-bond donors (Lipinski definition) is 3. The van der Waals surface area contributed by atoms with Gasteiger partial charge in [-0.15, -0.1) is 0 Å². The Morgan fingerprint density at radius 3 is 2.44 bits per heavy atom. The fourth-order valence-electron chi connectivity index (χ4n) is 1.71. The first-order valence-corrected chi connectivity index (χ1v) is 6.27. The lowest BCUT2D eigenvalue weighted by molar-refractivity contribution is 0.0935.